The zero-order chi connectivity index (χ0) is 10.9. The summed E-state index contributed by atoms with van der Waals surface area (Å²) in [6.07, 6.45) is 4.46. The van der Waals surface area contributed by atoms with Crippen LogP contribution < -0.4 is 5.73 Å². The van der Waals surface area contributed by atoms with Gasteiger partial charge in [-0.3, -0.25) is 4.90 Å². The molecular weight excluding hydrogens is 248 g/mol. The summed E-state index contributed by atoms with van der Waals surface area (Å²) < 4.78 is 22.6. The van der Waals surface area contributed by atoms with E-state index < -0.39 is 9.84 Å². The molecule has 0 aromatic rings. The molecule has 1 saturated carbocycles. The third kappa shape index (κ3) is 3.58. The number of hydrogen-bond donors (Lipinski definition) is 1. The summed E-state index contributed by atoms with van der Waals surface area (Å²) in [7, 11) is -2.73. The molecular formula is C10H21ClN2O2S. The number of nitrogens with zero attached hydrogens (tertiary/aromatic N) is 1. The van der Waals surface area contributed by atoms with E-state index in [9.17, 15) is 8.42 Å². The smallest absolute Gasteiger partial charge is 0.152 e. The first-order chi connectivity index (χ1) is 7.07. The fraction of sp³-hybridized carbons (Fsp3) is 1.00. The Hall–Kier alpha value is 0.160. The molecule has 0 radical (unpaired) electrons. The zero-order valence-electron chi connectivity index (χ0n) is 9.47. The fourth-order valence-corrected chi connectivity index (χ4v) is 3.79. The van der Waals surface area contributed by atoms with E-state index in [1.807, 2.05) is 0 Å². The van der Waals surface area contributed by atoms with Gasteiger partial charge in [0, 0.05) is 25.2 Å². The summed E-state index contributed by atoms with van der Waals surface area (Å²) >= 11 is 0. The summed E-state index contributed by atoms with van der Waals surface area (Å²) in [5.74, 6) is 0.686. The lowest BCUT2D eigenvalue weighted by molar-refractivity contribution is 0.161. The van der Waals surface area contributed by atoms with E-state index in [0.717, 1.165) is 38.8 Å². The van der Waals surface area contributed by atoms with Crippen LogP contribution in [0, 0.1) is 0 Å². The van der Waals surface area contributed by atoms with Crippen molar-refractivity contribution < 1.29 is 8.42 Å². The summed E-state index contributed by atoms with van der Waals surface area (Å²) in [4.78, 5) is 2.34. The largest absolute Gasteiger partial charge is 0.328 e. The molecule has 4 nitrogen and oxygen atoms in total. The van der Waals surface area contributed by atoms with E-state index in [1.54, 1.807) is 0 Å². The first-order valence-electron chi connectivity index (χ1n) is 5.77. The van der Waals surface area contributed by atoms with Crippen molar-refractivity contribution in [2.75, 3.05) is 24.6 Å². The Morgan fingerprint density at radius 2 is 1.50 bits per heavy atom. The molecule has 6 heteroatoms. The lowest BCUT2D eigenvalue weighted by Crippen LogP contribution is -2.48. The van der Waals surface area contributed by atoms with Crippen LogP contribution in [0.2, 0.25) is 0 Å². The van der Waals surface area contributed by atoms with Gasteiger partial charge in [0.2, 0.25) is 0 Å². The van der Waals surface area contributed by atoms with Crippen molar-refractivity contribution in [3.8, 4) is 0 Å². The minimum absolute atomic E-state index is 0. The van der Waals surface area contributed by atoms with Gasteiger partial charge in [-0.2, -0.15) is 0 Å². The molecule has 0 unspecified atom stereocenters. The van der Waals surface area contributed by atoms with E-state index >= 15 is 0 Å². The Labute approximate surface area is 104 Å². The third-order valence-corrected chi connectivity index (χ3v) is 5.25. The number of hydrogen-bond acceptors (Lipinski definition) is 4. The average molecular weight is 269 g/mol. The molecule has 0 spiro atoms. The highest BCUT2D eigenvalue weighted by Gasteiger charge is 2.29. The van der Waals surface area contributed by atoms with E-state index in [1.165, 1.54) is 0 Å². The van der Waals surface area contributed by atoms with Gasteiger partial charge >= 0.3 is 0 Å². The molecule has 0 aromatic heterocycles. The lowest BCUT2D eigenvalue weighted by atomic mass is 9.91. The van der Waals surface area contributed by atoms with Gasteiger partial charge in [-0.25, -0.2) is 8.42 Å². The number of rotatable bonds is 1. The SMILES string of the molecule is Cl.NC1CCC(N2CCS(=O)(=O)CC2)CC1. The van der Waals surface area contributed by atoms with Crippen molar-refractivity contribution in [2.45, 2.75) is 37.8 Å². The summed E-state index contributed by atoms with van der Waals surface area (Å²) in [6.45, 7) is 1.45. The molecule has 1 aliphatic carbocycles. The van der Waals surface area contributed by atoms with Gasteiger partial charge in [0.05, 0.1) is 11.5 Å². The Morgan fingerprint density at radius 1 is 1.00 bits per heavy atom. The highest BCUT2D eigenvalue weighted by Crippen LogP contribution is 2.23. The quantitative estimate of drug-likeness (QED) is 0.748. The standard InChI is InChI=1S/C10H20N2O2S.ClH/c11-9-1-3-10(4-2-9)12-5-7-15(13,14)8-6-12;/h9-10H,1-8,11H2;1H. The second-order valence-corrected chi connectivity index (χ2v) is 7.06. The van der Waals surface area contributed by atoms with Gasteiger partial charge in [-0.05, 0) is 25.7 Å². The van der Waals surface area contributed by atoms with E-state index in [-0.39, 0.29) is 12.4 Å². The molecule has 1 aliphatic heterocycles. The number of halogens is 1. The lowest BCUT2D eigenvalue weighted by Gasteiger charge is -2.37. The van der Waals surface area contributed by atoms with E-state index in [0.29, 0.717) is 23.6 Å². The van der Waals surface area contributed by atoms with Crippen molar-refractivity contribution in [1.29, 1.82) is 0 Å². The highest BCUT2D eigenvalue weighted by atomic mass is 35.5. The third-order valence-electron chi connectivity index (χ3n) is 3.64. The maximum absolute atomic E-state index is 11.3. The van der Waals surface area contributed by atoms with Crippen LogP contribution in [0.3, 0.4) is 0 Å². The molecule has 2 rings (SSSR count). The second kappa shape index (κ2) is 5.67. The molecule has 0 bridgehead atoms. The molecule has 2 aliphatic rings. The van der Waals surface area contributed by atoms with Crippen LogP contribution in [-0.2, 0) is 9.84 Å². The van der Waals surface area contributed by atoms with Crippen LogP contribution in [0.1, 0.15) is 25.7 Å². The molecule has 1 saturated heterocycles. The monoisotopic (exact) mass is 268 g/mol. The average Bonchev–Trinajstić information content (AvgIpc) is 2.20. The van der Waals surface area contributed by atoms with Crippen LogP contribution in [0.15, 0.2) is 0 Å². The van der Waals surface area contributed by atoms with Gasteiger partial charge < -0.3 is 5.73 Å². The molecule has 1 heterocycles. The predicted octanol–water partition coefficient (Wildman–Crippen LogP) is 0.408. The van der Waals surface area contributed by atoms with Crippen molar-refractivity contribution >= 4 is 22.2 Å². The van der Waals surface area contributed by atoms with Crippen LogP contribution >= 0.6 is 12.4 Å². The Bertz CT molecular complexity index is 299. The number of nitrogens with two attached hydrogens (primary N) is 1. The molecule has 0 atom stereocenters. The maximum atomic E-state index is 11.3. The van der Waals surface area contributed by atoms with Crippen LogP contribution in [0.25, 0.3) is 0 Å². The zero-order valence-corrected chi connectivity index (χ0v) is 11.1. The summed E-state index contributed by atoms with van der Waals surface area (Å²) in [6, 6.07) is 0.954. The number of sulfone groups is 1. The summed E-state index contributed by atoms with van der Waals surface area (Å²) in [5, 5.41) is 0. The first kappa shape index (κ1) is 14.2. The van der Waals surface area contributed by atoms with Gasteiger partial charge in [0.25, 0.3) is 0 Å². The van der Waals surface area contributed by atoms with Crippen molar-refractivity contribution in [2.24, 2.45) is 5.73 Å². The van der Waals surface area contributed by atoms with Gasteiger partial charge in [0.1, 0.15) is 0 Å². The minimum atomic E-state index is -2.73. The topological polar surface area (TPSA) is 63.4 Å². The molecule has 2 N–H and O–H groups in total. The van der Waals surface area contributed by atoms with Crippen molar-refractivity contribution in [3.05, 3.63) is 0 Å². The van der Waals surface area contributed by atoms with Crippen LogP contribution in [-0.4, -0.2) is 50.0 Å². The van der Waals surface area contributed by atoms with Crippen molar-refractivity contribution in [1.82, 2.24) is 4.90 Å². The minimum Gasteiger partial charge on any atom is -0.328 e. The van der Waals surface area contributed by atoms with Gasteiger partial charge in [0.15, 0.2) is 9.84 Å². The highest BCUT2D eigenvalue weighted by molar-refractivity contribution is 7.91. The van der Waals surface area contributed by atoms with Gasteiger partial charge in [-0.1, -0.05) is 0 Å². The molecule has 2 fully saturated rings. The first-order valence-corrected chi connectivity index (χ1v) is 7.59. The maximum Gasteiger partial charge on any atom is 0.152 e. The van der Waals surface area contributed by atoms with Crippen LogP contribution in [0.4, 0.5) is 0 Å². The molecule has 96 valence electrons. The molecule has 16 heavy (non-hydrogen) atoms. The molecule has 0 amide bonds. The summed E-state index contributed by atoms with van der Waals surface area (Å²) in [5.41, 5.74) is 5.86. The molecule has 0 aromatic carbocycles. The second-order valence-electron chi connectivity index (χ2n) is 4.76. The normalized spacial score (nSPS) is 35.3. The predicted molar refractivity (Wildman–Crippen MR) is 67.7 cm³/mol. The van der Waals surface area contributed by atoms with Crippen LogP contribution in [0.5, 0.6) is 0 Å². The fourth-order valence-electron chi connectivity index (χ4n) is 2.56. The van der Waals surface area contributed by atoms with Gasteiger partial charge in [-0.15, -0.1) is 12.4 Å². The Morgan fingerprint density at radius 3 is 2.00 bits per heavy atom. The Balaban J connectivity index is 0.00000128. The van der Waals surface area contributed by atoms with E-state index in [4.69, 9.17) is 5.73 Å². The van der Waals surface area contributed by atoms with E-state index in [2.05, 4.69) is 4.90 Å². The Kier molecular flexibility index (Phi) is 5.04. The van der Waals surface area contributed by atoms with Crippen molar-refractivity contribution in [3.63, 3.8) is 0 Å².